The number of carbonyl (C=O) groups is 3. The zero-order valence-electron chi connectivity index (χ0n) is 18.1. The molecule has 0 aromatic heterocycles. The Kier molecular flexibility index (Phi) is 5.97. The van der Waals surface area contributed by atoms with Crippen LogP contribution in [0.15, 0.2) is 48.5 Å². The number of hydrogen-bond acceptors (Lipinski definition) is 4. The molecule has 1 fully saturated rings. The minimum Gasteiger partial charge on any atom is -0.497 e. The van der Waals surface area contributed by atoms with Gasteiger partial charge in [-0.3, -0.25) is 14.4 Å². The molecular formula is C24H28N2O4. The largest absolute Gasteiger partial charge is 0.497 e. The highest BCUT2D eigenvalue weighted by molar-refractivity contribution is 6.23. The Labute approximate surface area is 177 Å². The predicted molar refractivity (Wildman–Crippen MR) is 116 cm³/mol. The van der Waals surface area contributed by atoms with Crippen molar-refractivity contribution in [2.75, 3.05) is 12.0 Å². The van der Waals surface area contributed by atoms with Crippen molar-refractivity contribution in [3.05, 3.63) is 59.7 Å². The summed E-state index contributed by atoms with van der Waals surface area (Å²) in [6.07, 6.45) is 0.608. The fraction of sp³-hybridized carbons (Fsp3) is 0.375. The number of imide groups is 1. The number of rotatable bonds is 6. The van der Waals surface area contributed by atoms with Gasteiger partial charge in [0, 0.05) is 11.1 Å². The van der Waals surface area contributed by atoms with Crippen LogP contribution in [0.1, 0.15) is 49.5 Å². The number of anilines is 1. The Hall–Kier alpha value is -3.15. The van der Waals surface area contributed by atoms with Crippen LogP contribution in [0.4, 0.5) is 5.69 Å². The van der Waals surface area contributed by atoms with Crippen LogP contribution in [0.5, 0.6) is 5.75 Å². The van der Waals surface area contributed by atoms with Crippen molar-refractivity contribution in [3.63, 3.8) is 0 Å². The minimum absolute atomic E-state index is 0.0358. The second-order valence-corrected chi connectivity index (χ2v) is 8.14. The topological polar surface area (TPSA) is 66.9 Å². The van der Waals surface area contributed by atoms with Gasteiger partial charge in [0.1, 0.15) is 11.8 Å². The summed E-state index contributed by atoms with van der Waals surface area (Å²) in [7, 11) is 1.55. The lowest BCUT2D eigenvalue weighted by atomic mass is 9.94. The van der Waals surface area contributed by atoms with Crippen LogP contribution >= 0.6 is 0 Å². The standard InChI is InChI=1S/C24H28N2O4/c1-6-24(3,4)26(22(28)19-10-8-7-9-16(19)2)20-15-21(27)25(23(20)29)17-11-13-18(30-5)14-12-17/h7-14,20H,6,15H2,1-5H3. The highest BCUT2D eigenvalue weighted by Crippen LogP contribution is 2.33. The summed E-state index contributed by atoms with van der Waals surface area (Å²) in [5.74, 6) is -0.293. The molecule has 0 spiro atoms. The molecule has 1 aliphatic heterocycles. The lowest BCUT2D eigenvalue weighted by molar-refractivity contribution is -0.123. The zero-order valence-corrected chi connectivity index (χ0v) is 18.1. The molecule has 1 unspecified atom stereocenters. The Bertz CT molecular complexity index is 965. The van der Waals surface area contributed by atoms with Gasteiger partial charge >= 0.3 is 0 Å². The molecule has 1 atom stereocenters. The van der Waals surface area contributed by atoms with Gasteiger partial charge in [0.25, 0.3) is 11.8 Å². The highest BCUT2D eigenvalue weighted by Gasteiger charge is 2.48. The number of benzene rings is 2. The first kappa shape index (κ1) is 21.6. The van der Waals surface area contributed by atoms with Gasteiger partial charge in [-0.15, -0.1) is 0 Å². The van der Waals surface area contributed by atoms with Crippen molar-refractivity contribution in [1.82, 2.24) is 4.90 Å². The SMILES string of the molecule is CCC(C)(C)N(C(=O)c1ccccc1C)C1CC(=O)N(c2ccc(OC)cc2)C1=O. The molecule has 158 valence electrons. The predicted octanol–water partition coefficient (Wildman–Crippen LogP) is 3.97. The molecule has 0 N–H and O–H groups in total. The van der Waals surface area contributed by atoms with Crippen LogP contribution in [0, 0.1) is 6.92 Å². The minimum atomic E-state index is -0.846. The second kappa shape index (κ2) is 8.30. The van der Waals surface area contributed by atoms with E-state index in [1.165, 1.54) is 4.90 Å². The number of carbonyl (C=O) groups excluding carboxylic acids is 3. The van der Waals surface area contributed by atoms with Crippen LogP contribution < -0.4 is 9.64 Å². The molecule has 6 nitrogen and oxygen atoms in total. The van der Waals surface area contributed by atoms with Crippen molar-refractivity contribution in [2.24, 2.45) is 0 Å². The van der Waals surface area contributed by atoms with Gasteiger partial charge < -0.3 is 9.64 Å². The van der Waals surface area contributed by atoms with Gasteiger partial charge in [-0.25, -0.2) is 4.90 Å². The summed E-state index contributed by atoms with van der Waals surface area (Å²) >= 11 is 0. The number of aryl methyl sites for hydroxylation is 1. The third kappa shape index (κ3) is 3.82. The van der Waals surface area contributed by atoms with E-state index >= 15 is 0 Å². The fourth-order valence-corrected chi connectivity index (χ4v) is 3.77. The first-order valence-electron chi connectivity index (χ1n) is 10.1. The van der Waals surface area contributed by atoms with Crippen molar-refractivity contribution in [1.29, 1.82) is 0 Å². The van der Waals surface area contributed by atoms with E-state index in [2.05, 4.69) is 0 Å². The first-order chi connectivity index (χ1) is 14.2. The average Bonchev–Trinajstić information content (AvgIpc) is 3.02. The monoisotopic (exact) mass is 408 g/mol. The third-order valence-corrected chi connectivity index (χ3v) is 5.88. The van der Waals surface area contributed by atoms with Crippen molar-refractivity contribution in [3.8, 4) is 5.75 Å². The highest BCUT2D eigenvalue weighted by atomic mass is 16.5. The summed E-state index contributed by atoms with van der Waals surface area (Å²) < 4.78 is 5.15. The molecule has 1 saturated heterocycles. The Morgan fingerprint density at radius 3 is 2.33 bits per heavy atom. The molecule has 2 aromatic carbocycles. The summed E-state index contributed by atoms with van der Waals surface area (Å²) in [5, 5.41) is 0. The molecule has 3 amide bonds. The van der Waals surface area contributed by atoms with E-state index < -0.39 is 11.6 Å². The molecular weight excluding hydrogens is 380 g/mol. The lowest BCUT2D eigenvalue weighted by Gasteiger charge is -2.41. The molecule has 3 rings (SSSR count). The number of methoxy groups -OCH3 is 1. The normalized spacial score (nSPS) is 16.7. The van der Waals surface area contributed by atoms with Crippen LogP contribution in [0.25, 0.3) is 0 Å². The average molecular weight is 408 g/mol. The molecule has 1 heterocycles. The molecule has 30 heavy (non-hydrogen) atoms. The van der Waals surface area contributed by atoms with E-state index in [0.717, 1.165) is 5.56 Å². The van der Waals surface area contributed by atoms with E-state index in [9.17, 15) is 14.4 Å². The summed E-state index contributed by atoms with van der Waals surface area (Å²) in [5.41, 5.74) is 1.26. The number of nitrogens with zero attached hydrogens (tertiary/aromatic N) is 2. The maximum Gasteiger partial charge on any atom is 0.257 e. The Morgan fingerprint density at radius 1 is 1.13 bits per heavy atom. The van der Waals surface area contributed by atoms with Crippen LogP contribution in [-0.4, -0.2) is 41.3 Å². The van der Waals surface area contributed by atoms with Crippen LogP contribution in [-0.2, 0) is 9.59 Å². The molecule has 1 aliphatic rings. The van der Waals surface area contributed by atoms with Gasteiger partial charge in [0.05, 0.1) is 19.2 Å². The van der Waals surface area contributed by atoms with Crippen LogP contribution in [0.3, 0.4) is 0 Å². The Balaban J connectivity index is 2.00. The number of hydrogen-bond donors (Lipinski definition) is 0. The fourth-order valence-electron chi connectivity index (χ4n) is 3.77. The zero-order chi connectivity index (χ0) is 22.1. The molecule has 0 bridgehead atoms. The van der Waals surface area contributed by atoms with Gasteiger partial charge in [0.2, 0.25) is 5.91 Å². The third-order valence-electron chi connectivity index (χ3n) is 5.88. The molecule has 2 aromatic rings. The first-order valence-corrected chi connectivity index (χ1v) is 10.1. The van der Waals surface area contributed by atoms with E-state index in [0.29, 0.717) is 23.4 Å². The lowest BCUT2D eigenvalue weighted by Crippen LogP contribution is -2.55. The number of amides is 3. The molecule has 0 radical (unpaired) electrons. The van der Waals surface area contributed by atoms with E-state index in [1.54, 1.807) is 42.3 Å². The van der Waals surface area contributed by atoms with E-state index in [1.807, 2.05) is 45.9 Å². The van der Waals surface area contributed by atoms with E-state index in [4.69, 9.17) is 4.74 Å². The summed E-state index contributed by atoms with van der Waals surface area (Å²) in [6.45, 7) is 7.70. The maximum absolute atomic E-state index is 13.6. The van der Waals surface area contributed by atoms with E-state index in [-0.39, 0.29) is 24.1 Å². The van der Waals surface area contributed by atoms with Gasteiger partial charge in [0.15, 0.2) is 0 Å². The Morgan fingerprint density at radius 2 is 1.77 bits per heavy atom. The van der Waals surface area contributed by atoms with Gasteiger partial charge in [-0.05, 0) is 63.1 Å². The number of ether oxygens (including phenoxy) is 1. The molecule has 0 aliphatic carbocycles. The quantitative estimate of drug-likeness (QED) is 0.679. The van der Waals surface area contributed by atoms with Crippen molar-refractivity contribution >= 4 is 23.4 Å². The smallest absolute Gasteiger partial charge is 0.257 e. The van der Waals surface area contributed by atoms with Gasteiger partial charge in [-0.2, -0.15) is 0 Å². The molecule has 6 heteroatoms. The summed E-state index contributed by atoms with van der Waals surface area (Å²) in [4.78, 5) is 42.5. The maximum atomic E-state index is 13.6. The van der Waals surface area contributed by atoms with Crippen molar-refractivity contribution < 1.29 is 19.1 Å². The van der Waals surface area contributed by atoms with Gasteiger partial charge in [-0.1, -0.05) is 25.1 Å². The second-order valence-electron chi connectivity index (χ2n) is 8.14. The van der Waals surface area contributed by atoms with Crippen molar-refractivity contribution in [2.45, 2.75) is 52.1 Å². The summed E-state index contributed by atoms with van der Waals surface area (Å²) in [6, 6.07) is 13.2. The molecule has 0 saturated carbocycles. The van der Waals surface area contributed by atoms with Crippen LogP contribution in [0.2, 0.25) is 0 Å².